The standard InChI is InChI=1S/C29H28N4O6/c1-32(28(37)38)21-13-11-20(12-14-21)25(34)30-24(17-19-7-3-2-4-8-19)26(35)33-16-15-29(18-33)22-9-5-6-10-23(22)31-27(36)39-29/h2-14,24H,15-18H2,1H3,(H,30,34)(H,31,36)(H,37,38)/t24-,29-/m0/s1. The monoisotopic (exact) mass is 528 g/mol. The molecule has 2 heterocycles. The third kappa shape index (κ3) is 5.26. The highest BCUT2D eigenvalue weighted by Crippen LogP contribution is 2.42. The molecular weight excluding hydrogens is 500 g/mol. The summed E-state index contributed by atoms with van der Waals surface area (Å²) in [5, 5.41) is 14.8. The van der Waals surface area contributed by atoms with Gasteiger partial charge < -0.3 is 20.1 Å². The molecule has 1 spiro atoms. The second kappa shape index (κ2) is 10.5. The lowest BCUT2D eigenvalue weighted by atomic mass is 9.90. The minimum absolute atomic E-state index is 0.174. The van der Waals surface area contributed by atoms with Gasteiger partial charge in [0.1, 0.15) is 6.04 Å². The van der Waals surface area contributed by atoms with Crippen molar-refractivity contribution >= 4 is 35.4 Å². The Balaban J connectivity index is 1.37. The zero-order chi connectivity index (χ0) is 27.6. The molecule has 200 valence electrons. The van der Waals surface area contributed by atoms with E-state index in [2.05, 4.69) is 10.6 Å². The van der Waals surface area contributed by atoms with Crippen molar-refractivity contribution < 1.29 is 29.0 Å². The van der Waals surface area contributed by atoms with E-state index in [1.165, 1.54) is 31.3 Å². The smallest absolute Gasteiger partial charge is 0.412 e. The van der Waals surface area contributed by atoms with Gasteiger partial charge in [0.15, 0.2) is 5.60 Å². The van der Waals surface area contributed by atoms with Crippen LogP contribution in [0.1, 0.15) is 27.9 Å². The maximum Gasteiger partial charge on any atom is 0.412 e. The van der Waals surface area contributed by atoms with Crippen molar-refractivity contribution in [3.63, 3.8) is 0 Å². The van der Waals surface area contributed by atoms with E-state index in [4.69, 9.17) is 4.74 Å². The van der Waals surface area contributed by atoms with Gasteiger partial charge in [-0.3, -0.25) is 19.8 Å². The van der Waals surface area contributed by atoms with Crippen molar-refractivity contribution in [3.8, 4) is 0 Å². The molecule has 5 rings (SSSR count). The molecule has 0 saturated carbocycles. The second-order valence-corrected chi connectivity index (χ2v) is 9.67. The van der Waals surface area contributed by atoms with Gasteiger partial charge in [0.25, 0.3) is 5.91 Å². The lowest BCUT2D eigenvalue weighted by Crippen LogP contribution is -2.50. The van der Waals surface area contributed by atoms with Crippen LogP contribution in [-0.2, 0) is 21.6 Å². The minimum atomic E-state index is -1.12. The molecule has 2 aliphatic heterocycles. The quantitative estimate of drug-likeness (QED) is 0.446. The predicted molar refractivity (Wildman–Crippen MR) is 144 cm³/mol. The van der Waals surface area contributed by atoms with Gasteiger partial charge in [-0.25, -0.2) is 9.59 Å². The SMILES string of the molecule is CN(C(=O)O)c1ccc(C(=O)N[C@@H](Cc2ccccc2)C(=O)N2CC[C@@]3(C2)OC(=O)Nc2ccccc23)cc1. The van der Waals surface area contributed by atoms with E-state index in [9.17, 15) is 24.3 Å². The number of anilines is 2. The molecule has 10 nitrogen and oxygen atoms in total. The summed E-state index contributed by atoms with van der Waals surface area (Å²) in [5.41, 5.74) is 2.10. The molecule has 0 aromatic heterocycles. The number of fused-ring (bicyclic) bond motifs is 2. The highest BCUT2D eigenvalue weighted by Gasteiger charge is 2.49. The van der Waals surface area contributed by atoms with Crippen LogP contribution in [0.2, 0.25) is 0 Å². The zero-order valence-corrected chi connectivity index (χ0v) is 21.3. The third-order valence-corrected chi connectivity index (χ3v) is 7.18. The molecule has 3 N–H and O–H groups in total. The molecule has 10 heteroatoms. The number of hydrogen-bond acceptors (Lipinski definition) is 5. The lowest BCUT2D eigenvalue weighted by Gasteiger charge is -2.35. The van der Waals surface area contributed by atoms with Gasteiger partial charge in [-0.2, -0.15) is 0 Å². The molecule has 0 bridgehead atoms. The van der Waals surface area contributed by atoms with Crippen LogP contribution in [0.3, 0.4) is 0 Å². The van der Waals surface area contributed by atoms with Crippen molar-refractivity contribution in [3.05, 3.63) is 95.6 Å². The van der Waals surface area contributed by atoms with Crippen molar-refractivity contribution in [1.82, 2.24) is 10.2 Å². The zero-order valence-electron chi connectivity index (χ0n) is 21.3. The number of benzene rings is 3. The van der Waals surface area contributed by atoms with Gasteiger partial charge in [-0.05, 0) is 35.9 Å². The summed E-state index contributed by atoms with van der Waals surface area (Å²) in [6.45, 7) is 0.533. The Bertz CT molecular complexity index is 1410. The van der Waals surface area contributed by atoms with E-state index in [1.807, 2.05) is 48.5 Å². The average molecular weight is 529 g/mol. The number of nitrogens with zero attached hydrogens (tertiary/aromatic N) is 2. The summed E-state index contributed by atoms with van der Waals surface area (Å²) in [6.07, 6.45) is -0.972. The van der Waals surface area contributed by atoms with Crippen molar-refractivity contribution in [1.29, 1.82) is 0 Å². The molecule has 0 aliphatic carbocycles. The Morgan fingerprint density at radius 2 is 1.74 bits per heavy atom. The van der Waals surface area contributed by atoms with Gasteiger partial charge in [0.2, 0.25) is 5.91 Å². The van der Waals surface area contributed by atoms with E-state index in [-0.39, 0.29) is 18.9 Å². The van der Waals surface area contributed by atoms with Crippen molar-refractivity contribution in [2.75, 3.05) is 30.4 Å². The average Bonchev–Trinajstić information content (AvgIpc) is 3.36. The Morgan fingerprint density at radius 3 is 2.46 bits per heavy atom. The fraction of sp³-hybridized carbons (Fsp3) is 0.241. The van der Waals surface area contributed by atoms with Crippen LogP contribution in [0, 0.1) is 0 Å². The lowest BCUT2D eigenvalue weighted by molar-refractivity contribution is -0.133. The third-order valence-electron chi connectivity index (χ3n) is 7.18. The summed E-state index contributed by atoms with van der Waals surface area (Å²) >= 11 is 0. The number of hydrogen-bond donors (Lipinski definition) is 3. The topological polar surface area (TPSA) is 128 Å². The number of amides is 4. The van der Waals surface area contributed by atoms with E-state index < -0.39 is 29.7 Å². The molecule has 0 radical (unpaired) electrons. The largest absolute Gasteiger partial charge is 0.465 e. The van der Waals surface area contributed by atoms with Gasteiger partial charge in [0.05, 0.1) is 12.2 Å². The summed E-state index contributed by atoms with van der Waals surface area (Å²) in [4.78, 5) is 53.2. The summed E-state index contributed by atoms with van der Waals surface area (Å²) in [5.74, 6) is -0.736. The normalized spacial score (nSPS) is 18.5. The molecular formula is C29H28N4O6. The van der Waals surface area contributed by atoms with Gasteiger partial charge in [-0.1, -0.05) is 48.5 Å². The molecule has 1 saturated heterocycles. The van der Waals surface area contributed by atoms with Gasteiger partial charge in [-0.15, -0.1) is 0 Å². The number of ether oxygens (including phenoxy) is 1. The summed E-state index contributed by atoms with van der Waals surface area (Å²) in [6, 6.07) is 22.0. The molecule has 1 fully saturated rings. The van der Waals surface area contributed by atoms with E-state index in [0.717, 1.165) is 16.0 Å². The van der Waals surface area contributed by atoms with Crippen LogP contribution in [0.4, 0.5) is 21.0 Å². The van der Waals surface area contributed by atoms with Gasteiger partial charge >= 0.3 is 12.2 Å². The first-order chi connectivity index (χ1) is 18.8. The maximum atomic E-state index is 13.8. The van der Waals surface area contributed by atoms with E-state index in [0.29, 0.717) is 29.9 Å². The highest BCUT2D eigenvalue weighted by atomic mass is 16.6. The molecule has 2 aliphatic rings. The fourth-order valence-corrected chi connectivity index (χ4v) is 5.09. The van der Waals surface area contributed by atoms with Gasteiger partial charge in [0, 0.05) is 43.2 Å². The number of carbonyl (C=O) groups is 4. The van der Waals surface area contributed by atoms with E-state index in [1.54, 1.807) is 11.0 Å². The molecule has 39 heavy (non-hydrogen) atoms. The maximum absolute atomic E-state index is 13.8. The number of likely N-dealkylation sites (tertiary alicyclic amines) is 1. The Kier molecular flexibility index (Phi) is 6.93. The minimum Gasteiger partial charge on any atom is -0.465 e. The summed E-state index contributed by atoms with van der Waals surface area (Å²) < 4.78 is 5.76. The fourth-order valence-electron chi connectivity index (χ4n) is 5.09. The van der Waals surface area contributed by atoms with Crippen LogP contribution < -0.4 is 15.5 Å². The molecule has 3 aromatic carbocycles. The Morgan fingerprint density at radius 1 is 1.05 bits per heavy atom. The molecule has 4 amide bonds. The first-order valence-corrected chi connectivity index (χ1v) is 12.6. The van der Waals surface area contributed by atoms with E-state index >= 15 is 0 Å². The second-order valence-electron chi connectivity index (χ2n) is 9.67. The number of carbonyl (C=O) groups excluding carboxylic acids is 3. The van der Waals surface area contributed by atoms with Crippen LogP contribution in [-0.4, -0.2) is 60.2 Å². The molecule has 3 aromatic rings. The molecule has 0 unspecified atom stereocenters. The predicted octanol–water partition coefficient (Wildman–Crippen LogP) is 3.83. The number of rotatable bonds is 6. The van der Waals surface area contributed by atoms with Crippen LogP contribution in [0.5, 0.6) is 0 Å². The Hall–Kier alpha value is -4.86. The summed E-state index contributed by atoms with van der Waals surface area (Å²) in [7, 11) is 1.41. The number of nitrogens with one attached hydrogen (secondary N) is 2. The number of para-hydroxylation sites is 1. The first kappa shape index (κ1) is 25.8. The van der Waals surface area contributed by atoms with Crippen LogP contribution in [0.25, 0.3) is 0 Å². The highest BCUT2D eigenvalue weighted by molar-refractivity contribution is 5.98. The van der Waals surface area contributed by atoms with Crippen LogP contribution in [0.15, 0.2) is 78.9 Å². The van der Waals surface area contributed by atoms with Crippen molar-refractivity contribution in [2.24, 2.45) is 0 Å². The van der Waals surface area contributed by atoms with Crippen LogP contribution >= 0.6 is 0 Å². The number of carboxylic acid groups (broad SMARTS) is 1. The Labute approximate surface area is 225 Å². The van der Waals surface area contributed by atoms with Crippen molar-refractivity contribution in [2.45, 2.75) is 24.5 Å². The molecule has 2 atom stereocenters. The first-order valence-electron chi connectivity index (χ1n) is 12.6.